The van der Waals surface area contributed by atoms with Crippen molar-refractivity contribution in [1.82, 2.24) is 0 Å². The average Bonchev–Trinajstić information content (AvgIpc) is 2.57. The molecule has 0 aliphatic heterocycles. The van der Waals surface area contributed by atoms with Crippen LogP contribution < -0.4 is 10.1 Å². The lowest BCUT2D eigenvalue weighted by Crippen LogP contribution is -2.13. The highest BCUT2D eigenvalue weighted by atomic mass is 32.2. The summed E-state index contributed by atoms with van der Waals surface area (Å²) in [6.07, 6.45) is 0. The van der Waals surface area contributed by atoms with Crippen LogP contribution in [0.5, 0.6) is 5.75 Å². The van der Waals surface area contributed by atoms with E-state index in [9.17, 15) is 16.8 Å². The molecule has 0 aliphatic rings. The Labute approximate surface area is 150 Å². The minimum Gasteiger partial charge on any atom is -0.495 e. The zero-order valence-corrected chi connectivity index (χ0v) is 15.0. The van der Waals surface area contributed by atoms with Gasteiger partial charge in [0, 0.05) is 6.07 Å². The summed E-state index contributed by atoms with van der Waals surface area (Å²) >= 11 is 0. The molecule has 2 aromatic carbocycles. The van der Waals surface area contributed by atoms with Crippen molar-refractivity contribution in [3.63, 3.8) is 0 Å². The third-order valence-corrected chi connectivity index (χ3v) is 4.39. The fraction of sp³-hybridized carbons (Fsp3) is 0.143. The lowest BCUT2D eigenvalue weighted by molar-refractivity contribution is 0.416. The number of benzene rings is 2. The Hall–Kier alpha value is -2.54. The van der Waals surface area contributed by atoms with E-state index in [0.717, 1.165) is 6.07 Å². The first-order valence-electron chi connectivity index (χ1n) is 6.95. The maximum atomic E-state index is 11.1. The van der Waals surface area contributed by atoms with E-state index in [1.54, 1.807) is 0 Å². The van der Waals surface area contributed by atoms with Crippen LogP contribution in [0.3, 0.4) is 0 Å². The van der Waals surface area contributed by atoms with Crippen LogP contribution in [0, 0.1) is 0 Å². The van der Waals surface area contributed by atoms with Gasteiger partial charge in [0.1, 0.15) is 11.6 Å². The van der Waals surface area contributed by atoms with E-state index >= 15 is 0 Å². The van der Waals surface area contributed by atoms with Gasteiger partial charge in [0.15, 0.2) is 0 Å². The van der Waals surface area contributed by atoms with E-state index in [-0.39, 0.29) is 16.3 Å². The number of nitrogens with one attached hydrogen (secondary N) is 1. The van der Waals surface area contributed by atoms with E-state index in [0.29, 0.717) is 11.4 Å². The third kappa shape index (κ3) is 5.77. The van der Waals surface area contributed by atoms with Gasteiger partial charge in [-0.15, -0.1) is 0 Å². The summed E-state index contributed by atoms with van der Waals surface area (Å²) in [6.45, 7) is 0. The molecular formula is C14H15N3O7S2. The van der Waals surface area contributed by atoms with E-state index in [1.807, 2.05) is 0 Å². The summed E-state index contributed by atoms with van der Waals surface area (Å²) in [5, 5.41) is 10.3. The van der Waals surface area contributed by atoms with Crippen molar-refractivity contribution >= 4 is 37.3 Å². The molecule has 0 fully saturated rings. The first-order valence-corrected chi connectivity index (χ1v) is 10.00. The van der Waals surface area contributed by atoms with E-state index in [2.05, 4.69) is 15.5 Å². The Morgan fingerprint density at radius 3 is 2.23 bits per heavy atom. The highest BCUT2D eigenvalue weighted by Gasteiger charge is 2.10. The molecule has 0 atom stereocenters. The second-order valence-electron chi connectivity index (χ2n) is 4.96. The van der Waals surface area contributed by atoms with Crippen molar-refractivity contribution < 1.29 is 30.7 Å². The first-order chi connectivity index (χ1) is 12.1. The monoisotopic (exact) mass is 401 g/mol. The molecule has 0 saturated carbocycles. The zero-order valence-electron chi connectivity index (χ0n) is 13.4. The third-order valence-electron chi connectivity index (χ3n) is 3.03. The molecule has 12 heteroatoms. The van der Waals surface area contributed by atoms with Gasteiger partial charge in [-0.1, -0.05) is 6.07 Å². The Bertz CT molecular complexity index is 1030. The zero-order chi connectivity index (χ0) is 19.4. The molecule has 0 aromatic heterocycles. The van der Waals surface area contributed by atoms with Crippen LogP contribution in [0.15, 0.2) is 57.6 Å². The van der Waals surface area contributed by atoms with Gasteiger partial charge < -0.3 is 10.1 Å². The van der Waals surface area contributed by atoms with Crippen molar-refractivity contribution in [3.05, 3.63) is 42.5 Å². The van der Waals surface area contributed by atoms with E-state index in [1.165, 1.54) is 43.5 Å². The van der Waals surface area contributed by atoms with Crippen molar-refractivity contribution in [3.8, 4) is 5.75 Å². The topological polar surface area (TPSA) is 155 Å². The number of hydrogen-bond acceptors (Lipinski definition) is 8. The molecule has 0 aliphatic carbocycles. The molecule has 0 spiro atoms. The molecule has 26 heavy (non-hydrogen) atoms. The summed E-state index contributed by atoms with van der Waals surface area (Å²) in [7, 11) is -7.17. The van der Waals surface area contributed by atoms with Crippen LogP contribution >= 0.6 is 0 Å². The summed E-state index contributed by atoms with van der Waals surface area (Å²) in [4.78, 5) is -0.309. The number of anilines is 1. The van der Waals surface area contributed by atoms with E-state index in [4.69, 9.17) is 13.8 Å². The maximum absolute atomic E-state index is 11.1. The molecule has 2 aromatic rings. The van der Waals surface area contributed by atoms with Gasteiger partial charge in [0.25, 0.3) is 20.2 Å². The molecule has 0 heterocycles. The van der Waals surface area contributed by atoms with Crippen LogP contribution in [0.1, 0.15) is 0 Å². The predicted molar refractivity (Wildman–Crippen MR) is 93.5 cm³/mol. The van der Waals surface area contributed by atoms with Crippen molar-refractivity contribution in [2.45, 2.75) is 4.90 Å². The van der Waals surface area contributed by atoms with Gasteiger partial charge >= 0.3 is 0 Å². The standard InChI is InChI=1S/C14H15N3O7S2/c1-24-14-8-11(5-6-13(14)15-9-25(18,19)20)17-16-10-3-2-4-12(7-10)26(21,22)23/h2-8,15H,9H2,1H3,(H,18,19,20)(H,21,22,23). The lowest BCUT2D eigenvalue weighted by Gasteiger charge is -2.10. The molecule has 0 bridgehead atoms. The van der Waals surface area contributed by atoms with Crippen LogP contribution in [0.25, 0.3) is 0 Å². The second kappa shape index (κ2) is 7.78. The quantitative estimate of drug-likeness (QED) is 0.472. The fourth-order valence-electron chi connectivity index (χ4n) is 1.88. The Morgan fingerprint density at radius 1 is 1.00 bits per heavy atom. The molecular weight excluding hydrogens is 386 g/mol. The van der Waals surface area contributed by atoms with Crippen molar-refractivity contribution in [2.75, 3.05) is 18.3 Å². The number of azo groups is 1. The van der Waals surface area contributed by atoms with Gasteiger partial charge in [0.05, 0.1) is 29.1 Å². The molecule has 140 valence electrons. The Kier molecular flexibility index (Phi) is 5.92. The summed E-state index contributed by atoms with van der Waals surface area (Å²) in [5.41, 5.74) is 0.863. The molecule has 0 saturated heterocycles. The smallest absolute Gasteiger partial charge is 0.294 e. The number of nitrogens with zero attached hydrogens (tertiary/aromatic N) is 2. The van der Waals surface area contributed by atoms with Crippen molar-refractivity contribution in [1.29, 1.82) is 0 Å². The largest absolute Gasteiger partial charge is 0.495 e. The van der Waals surface area contributed by atoms with E-state index < -0.39 is 26.1 Å². The van der Waals surface area contributed by atoms with Crippen LogP contribution in [-0.4, -0.2) is 38.9 Å². The predicted octanol–water partition coefficient (Wildman–Crippen LogP) is 2.61. The molecule has 0 unspecified atom stereocenters. The minimum atomic E-state index is -4.34. The van der Waals surface area contributed by atoms with Crippen LogP contribution in [-0.2, 0) is 20.2 Å². The summed E-state index contributed by atoms with van der Waals surface area (Å²) in [6, 6.07) is 9.71. The van der Waals surface area contributed by atoms with Gasteiger partial charge in [-0.2, -0.15) is 27.1 Å². The number of hydrogen-bond donors (Lipinski definition) is 3. The highest BCUT2D eigenvalue weighted by Crippen LogP contribution is 2.30. The van der Waals surface area contributed by atoms with Gasteiger partial charge in [-0.3, -0.25) is 9.11 Å². The second-order valence-corrected chi connectivity index (χ2v) is 7.83. The number of rotatable bonds is 7. The minimum absolute atomic E-state index is 0.202. The maximum Gasteiger partial charge on any atom is 0.294 e. The first kappa shape index (κ1) is 19.8. The molecule has 0 radical (unpaired) electrons. The molecule has 2 rings (SSSR count). The van der Waals surface area contributed by atoms with Gasteiger partial charge in [-0.25, -0.2) is 0 Å². The van der Waals surface area contributed by atoms with Gasteiger partial charge in [-0.05, 0) is 30.3 Å². The molecule has 0 amide bonds. The SMILES string of the molecule is COc1cc(N=Nc2cccc(S(=O)(=O)O)c2)ccc1NCS(=O)(=O)O. The molecule has 10 nitrogen and oxygen atoms in total. The fourth-order valence-corrected chi connectivity index (χ4v) is 2.74. The van der Waals surface area contributed by atoms with Crippen LogP contribution in [0.2, 0.25) is 0 Å². The average molecular weight is 401 g/mol. The highest BCUT2D eigenvalue weighted by molar-refractivity contribution is 7.86. The normalized spacial score (nSPS) is 12.3. The Morgan fingerprint density at radius 2 is 1.65 bits per heavy atom. The number of methoxy groups -OCH3 is 1. The number of ether oxygens (including phenoxy) is 1. The Balaban J connectivity index is 2.23. The van der Waals surface area contributed by atoms with Gasteiger partial charge in [0.2, 0.25) is 0 Å². The molecule has 3 N–H and O–H groups in total. The summed E-state index contributed by atoms with van der Waals surface area (Å²) in [5.74, 6) is -0.427. The van der Waals surface area contributed by atoms with Crippen molar-refractivity contribution in [2.24, 2.45) is 10.2 Å². The van der Waals surface area contributed by atoms with Crippen LogP contribution in [0.4, 0.5) is 17.1 Å². The summed E-state index contributed by atoms with van der Waals surface area (Å²) < 4.78 is 66.7. The lowest BCUT2D eigenvalue weighted by atomic mass is 10.2.